The fourth-order valence-electron chi connectivity index (χ4n) is 2.32. The second-order valence-electron chi connectivity index (χ2n) is 4.28. The highest BCUT2D eigenvalue weighted by Gasteiger charge is 2.23. The molecule has 82 valence electrons. The molecule has 15 heavy (non-hydrogen) atoms. The van der Waals surface area contributed by atoms with Crippen LogP contribution in [0.1, 0.15) is 37.3 Å². The highest BCUT2D eigenvalue weighted by Crippen LogP contribution is 2.36. The molecule has 0 saturated heterocycles. The van der Waals surface area contributed by atoms with Crippen molar-refractivity contribution in [1.29, 1.82) is 0 Å². The van der Waals surface area contributed by atoms with Crippen LogP contribution in [0.25, 0.3) is 0 Å². The molecule has 3 N–H and O–H groups in total. The maximum atomic E-state index is 9.40. The summed E-state index contributed by atoms with van der Waals surface area (Å²) in [4.78, 5) is 0. The van der Waals surface area contributed by atoms with Crippen LogP contribution in [0.15, 0.2) is 22.7 Å². The first-order valence-electron chi connectivity index (χ1n) is 5.42. The second-order valence-corrected chi connectivity index (χ2v) is 5.14. The van der Waals surface area contributed by atoms with E-state index in [9.17, 15) is 5.11 Å². The predicted molar refractivity (Wildman–Crippen MR) is 64.7 cm³/mol. The van der Waals surface area contributed by atoms with Gasteiger partial charge in [-0.05, 0) is 52.4 Å². The molecule has 1 saturated carbocycles. The van der Waals surface area contributed by atoms with Gasteiger partial charge in [0, 0.05) is 6.04 Å². The van der Waals surface area contributed by atoms with Crippen LogP contribution in [0.2, 0.25) is 0 Å². The van der Waals surface area contributed by atoms with E-state index < -0.39 is 0 Å². The zero-order chi connectivity index (χ0) is 10.8. The van der Waals surface area contributed by atoms with E-state index in [1.165, 1.54) is 25.7 Å². The van der Waals surface area contributed by atoms with E-state index in [0.29, 0.717) is 5.92 Å². The maximum absolute atomic E-state index is 9.40. The Balaban J connectivity index is 2.17. The Labute approximate surface area is 98.6 Å². The van der Waals surface area contributed by atoms with Crippen LogP contribution >= 0.6 is 15.9 Å². The van der Waals surface area contributed by atoms with E-state index >= 15 is 0 Å². The highest BCUT2D eigenvalue weighted by atomic mass is 79.9. The van der Waals surface area contributed by atoms with Gasteiger partial charge in [0.25, 0.3) is 0 Å². The van der Waals surface area contributed by atoms with E-state index in [2.05, 4.69) is 15.9 Å². The predicted octanol–water partition coefficient (Wildman–Crippen LogP) is 3.34. The van der Waals surface area contributed by atoms with E-state index in [1.54, 1.807) is 6.07 Å². The molecule has 1 aliphatic carbocycles. The Morgan fingerprint density at radius 2 is 2.00 bits per heavy atom. The van der Waals surface area contributed by atoms with Gasteiger partial charge in [-0.1, -0.05) is 18.9 Å². The van der Waals surface area contributed by atoms with Crippen molar-refractivity contribution < 1.29 is 5.11 Å². The Morgan fingerprint density at radius 1 is 1.33 bits per heavy atom. The van der Waals surface area contributed by atoms with Gasteiger partial charge >= 0.3 is 0 Å². The van der Waals surface area contributed by atoms with Crippen LogP contribution in [0.5, 0.6) is 5.75 Å². The molecule has 3 heteroatoms. The zero-order valence-corrected chi connectivity index (χ0v) is 10.2. The fraction of sp³-hybridized carbons (Fsp3) is 0.500. The molecule has 1 fully saturated rings. The lowest BCUT2D eigenvalue weighted by Crippen LogP contribution is -2.18. The summed E-state index contributed by atoms with van der Waals surface area (Å²) < 4.78 is 0.730. The minimum Gasteiger partial charge on any atom is -0.507 e. The average Bonchev–Trinajstić information content (AvgIpc) is 2.74. The molecule has 1 aliphatic rings. The van der Waals surface area contributed by atoms with Gasteiger partial charge in [-0.2, -0.15) is 0 Å². The van der Waals surface area contributed by atoms with E-state index in [1.807, 2.05) is 12.1 Å². The molecule has 1 aromatic rings. The zero-order valence-electron chi connectivity index (χ0n) is 8.62. The smallest absolute Gasteiger partial charge is 0.129 e. The Kier molecular flexibility index (Phi) is 3.32. The first-order chi connectivity index (χ1) is 7.18. The normalized spacial score (nSPS) is 19.3. The minimum atomic E-state index is 0.115. The first-order valence-corrected chi connectivity index (χ1v) is 6.22. The van der Waals surface area contributed by atoms with Crippen LogP contribution in [-0.2, 0) is 0 Å². The van der Waals surface area contributed by atoms with Gasteiger partial charge in [0.15, 0.2) is 0 Å². The number of halogens is 1. The molecule has 1 aromatic carbocycles. The topological polar surface area (TPSA) is 46.2 Å². The molecule has 1 atom stereocenters. The van der Waals surface area contributed by atoms with E-state index in [0.717, 1.165) is 10.0 Å². The molecule has 0 aromatic heterocycles. The van der Waals surface area contributed by atoms with Gasteiger partial charge in [0.05, 0.1) is 4.47 Å². The number of nitrogens with two attached hydrogens (primary N) is 1. The lowest BCUT2D eigenvalue weighted by Gasteiger charge is -2.19. The lowest BCUT2D eigenvalue weighted by molar-refractivity contribution is 0.442. The van der Waals surface area contributed by atoms with Crippen LogP contribution in [0, 0.1) is 5.92 Å². The van der Waals surface area contributed by atoms with Gasteiger partial charge in [0.2, 0.25) is 0 Å². The van der Waals surface area contributed by atoms with Crippen molar-refractivity contribution in [2.45, 2.75) is 31.7 Å². The molecular weight excluding hydrogens is 254 g/mol. The molecule has 0 unspecified atom stereocenters. The van der Waals surface area contributed by atoms with Crippen LogP contribution in [-0.4, -0.2) is 5.11 Å². The summed E-state index contributed by atoms with van der Waals surface area (Å²) in [5.74, 6) is 0.888. The summed E-state index contributed by atoms with van der Waals surface area (Å²) in [5, 5.41) is 9.40. The number of aromatic hydroxyl groups is 1. The summed E-state index contributed by atoms with van der Waals surface area (Å²) in [6.45, 7) is 0. The summed E-state index contributed by atoms with van der Waals surface area (Å²) >= 11 is 3.32. The number of hydrogen-bond acceptors (Lipinski definition) is 2. The molecular formula is C12H16BrNO. The Hall–Kier alpha value is -0.540. The molecule has 0 aliphatic heterocycles. The molecule has 0 amide bonds. The molecule has 0 spiro atoms. The largest absolute Gasteiger partial charge is 0.507 e. The molecule has 0 heterocycles. The number of benzene rings is 1. The maximum Gasteiger partial charge on any atom is 0.129 e. The summed E-state index contributed by atoms with van der Waals surface area (Å²) in [7, 11) is 0. The Morgan fingerprint density at radius 3 is 2.60 bits per heavy atom. The number of hydrogen-bond donors (Lipinski definition) is 2. The van der Waals surface area contributed by atoms with Gasteiger partial charge < -0.3 is 10.8 Å². The van der Waals surface area contributed by atoms with Gasteiger partial charge in [-0.15, -0.1) is 0 Å². The molecule has 0 bridgehead atoms. The van der Waals surface area contributed by atoms with Crippen LogP contribution in [0.3, 0.4) is 0 Å². The summed E-state index contributed by atoms with van der Waals surface area (Å²) in [5.41, 5.74) is 7.33. The first kappa shape index (κ1) is 11.0. The van der Waals surface area contributed by atoms with Crippen molar-refractivity contribution in [3.05, 3.63) is 28.2 Å². The van der Waals surface area contributed by atoms with Crippen LogP contribution < -0.4 is 5.73 Å². The van der Waals surface area contributed by atoms with Gasteiger partial charge in [-0.25, -0.2) is 0 Å². The van der Waals surface area contributed by atoms with Crippen molar-refractivity contribution in [2.75, 3.05) is 0 Å². The van der Waals surface area contributed by atoms with Crippen molar-refractivity contribution >= 4 is 15.9 Å². The van der Waals surface area contributed by atoms with E-state index in [4.69, 9.17) is 5.73 Å². The number of phenols is 1. The van der Waals surface area contributed by atoms with Crippen LogP contribution in [0.4, 0.5) is 0 Å². The molecule has 2 rings (SSSR count). The lowest BCUT2D eigenvalue weighted by atomic mass is 9.92. The third kappa shape index (κ3) is 2.34. The number of phenolic OH excluding ortho intramolecular Hbond substituents is 1. The summed E-state index contributed by atoms with van der Waals surface area (Å²) in [6, 6.07) is 5.67. The summed E-state index contributed by atoms with van der Waals surface area (Å²) in [6.07, 6.45) is 5.08. The minimum absolute atomic E-state index is 0.115. The third-order valence-electron chi connectivity index (χ3n) is 3.26. The van der Waals surface area contributed by atoms with Crippen molar-refractivity contribution in [3.63, 3.8) is 0 Å². The standard InChI is InChI=1S/C12H16BrNO/c13-10-7-9(5-6-11(10)15)12(14)8-3-1-2-4-8/h5-8,12,15H,1-4,14H2/t12-/m0/s1. The third-order valence-corrected chi connectivity index (χ3v) is 3.90. The quantitative estimate of drug-likeness (QED) is 0.865. The average molecular weight is 270 g/mol. The van der Waals surface area contributed by atoms with E-state index in [-0.39, 0.29) is 11.8 Å². The SMILES string of the molecule is N[C@H](c1ccc(O)c(Br)c1)C1CCCC1. The second kappa shape index (κ2) is 4.54. The monoisotopic (exact) mass is 269 g/mol. The number of rotatable bonds is 2. The molecule has 2 nitrogen and oxygen atoms in total. The van der Waals surface area contributed by atoms with Crippen molar-refractivity contribution in [2.24, 2.45) is 11.7 Å². The van der Waals surface area contributed by atoms with Crippen molar-refractivity contribution in [1.82, 2.24) is 0 Å². The van der Waals surface area contributed by atoms with Crippen molar-refractivity contribution in [3.8, 4) is 5.75 Å². The Bertz CT molecular complexity index is 347. The van der Waals surface area contributed by atoms with Gasteiger partial charge in [-0.3, -0.25) is 0 Å². The molecule has 0 radical (unpaired) electrons. The highest BCUT2D eigenvalue weighted by molar-refractivity contribution is 9.10. The van der Waals surface area contributed by atoms with Gasteiger partial charge in [0.1, 0.15) is 5.75 Å². The fourth-order valence-corrected chi connectivity index (χ4v) is 2.72.